The van der Waals surface area contributed by atoms with Crippen molar-refractivity contribution in [3.63, 3.8) is 0 Å². The van der Waals surface area contributed by atoms with E-state index in [0.29, 0.717) is 0 Å². The lowest BCUT2D eigenvalue weighted by molar-refractivity contribution is -0.167. The van der Waals surface area contributed by atoms with Gasteiger partial charge in [-0.3, -0.25) is 14.4 Å². The van der Waals surface area contributed by atoms with E-state index in [4.69, 9.17) is 15.6 Å². The first-order chi connectivity index (χ1) is 9.97. The molecule has 0 aromatic heterocycles. The summed E-state index contributed by atoms with van der Waals surface area (Å²) in [6.45, 7) is 0. The molecule has 1 aromatic rings. The Morgan fingerprint density at radius 1 is 1.24 bits per heavy atom. The maximum atomic E-state index is 11.8. The van der Waals surface area contributed by atoms with Gasteiger partial charge in [-0.2, -0.15) is 0 Å². The molecular weight excluding hydrogens is 278 g/mol. The molecule has 2 rings (SSSR count). The van der Waals surface area contributed by atoms with Gasteiger partial charge in [0.1, 0.15) is 6.04 Å². The van der Waals surface area contributed by atoms with Gasteiger partial charge in [0, 0.05) is 0 Å². The van der Waals surface area contributed by atoms with Gasteiger partial charge in [0.05, 0.1) is 0 Å². The smallest absolute Gasteiger partial charge is 0.325 e. The third-order valence-electron chi connectivity index (χ3n) is 2.87. The van der Waals surface area contributed by atoms with Crippen molar-refractivity contribution in [1.82, 2.24) is 10.6 Å². The second kappa shape index (κ2) is 6.33. The maximum absolute atomic E-state index is 11.8. The number of benzene rings is 1. The first-order valence-corrected chi connectivity index (χ1v) is 6.26. The van der Waals surface area contributed by atoms with Crippen LogP contribution in [0.1, 0.15) is 5.56 Å². The Labute approximate surface area is 120 Å². The first kappa shape index (κ1) is 14.9. The van der Waals surface area contributed by atoms with E-state index < -0.39 is 36.3 Å². The largest absolute Gasteiger partial charge is 0.431 e. The Kier molecular flexibility index (Phi) is 4.51. The number of carbonyl (C=O) groups excluding carboxylic acids is 3. The number of piperazine rings is 1. The Morgan fingerprint density at radius 2 is 1.90 bits per heavy atom. The summed E-state index contributed by atoms with van der Waals surface area (Å²) in [5.74, 6) is -2.50. The highest BCUT2D eigenvalue weighted by atomic mass is 16.6. The fourth-order valence-corrected chi connectivity index (χ4v) is 1.79. The van der Waals surface area contributed by atoms with Crippen LogP contribution < -0.4 is 16.4 Å². The van der Waals surface area contributed by atoms with E-state index in [0.717, 1.165) is 5.56 Å². The van der Waals surface area contributed by atoms with Crippen LogP contribution in [-0.4, -0.2) is 41.4 Å². The molecule has 112 valence electrons. The molecule has 0 radical (unpaired) electrons. The van der Waals surface area contributed by atoms with Gasteiger partial charge >= 0.3 is 5.97 Å². The molecule has 5 N–H and O–H groups in total. The summed E-state index contributed by atoms with van der Waals surface area (Å²) in [7, 11) is 0. The molecule has 1 saturated heterocycles. The average molecular weight is 293 g/mol. The van der Waals surface area contributed by atoms with Crippen LogP contribution in [0.3, 0.4) is 0 Å². The van der Waals surface area contributed by atoms with E-state index in [9.17, 15) is 14.4 Å². The van der Waals surface area contributed by atoms with E-state index in [1.807, 2.05) is 23.5 Å². The molecule has 1 fully saturated rings. The first-order valence-electron chi connectivity index (χ1n) is 6.26. The molecule has 2 unspecified atom stereocenters. The fourth-order valence-electron chi connectivity index (χ4n) is 1.79. The Balaban J connectivity index is 1.91. The summed E-state index contributed by atoms with van der Waals surface area (Å²) >= 11 is 0. The van der Waals surface area contributed by atoms with E-state index >= 15 is 0 Å². The number of esters is 1. The van der Waals surface area contributed by atoms with E-state index in [1.165, 1.54) is 0 Å². The third-order valence-corrected chi connectivity index (χ3v) is 2.87. The Bertz CT molecular complexity index is 548. The molecule has 3 atom stereocenters. The molecular formula is C13H15N3O5. The van der Waals surface area contributed by atoms with Gasteiger partial charge in [0.2, 0.25) is 6.23 Å². The van der Waals surface area contributed by atoms with Crippen LogP contribution in [0, 0.1) is 0 Å². The van der Waals surface area contributed by atoms with E-state index in [1.54, 1.807) is 12.1 Å². The van der Waals surface area contributed by atoms with Gasteiger partial charge in [-0.25, -0.2) is 0 Å². The van der Waals surface area contributed by atoms with Gasteiger partial charge in [-0.1, -0.05) is 30.3 Å². The summed E-state index contributed by atoms with van der Waals surface area (Å²) in [6, 6.07) is 8.09. The van der Waals surface area contributed by atoms with Crippen molar-refractivity contribution in [2.45, 2.75) is 24.9 Å². The maximum Gasteiger partial charge on any atom is 0.325 e. The lowest BCUT2D eigenvalue weighted by atomic mass is 10.1. The minimum atomic E-state index is -1.65. The highest BCUT2D eigenvalue weighted by Gasteiger charge is 2.35. The average Bonchev–Trinajstić information content (AvgIpc) is 2.45. The summed E-state index contributed by atoms with van der Waals surface area (Å²) in [4.78, 5) is 34.5. The summed E-state index contributed by atoms with van der Waals surface area (Å²) in [5.41, 5.74) is 6.55. The molecule has 0 bridgehead atoms. The number of amides is 2. The summed E-state index contributed by atoms with van der Waals surface area (Å²) in [5, 5.41) is 13.1. The third kappa shape index (κ3) is 3.77. The number of aliphatic hydroxyl groups is 1. The van der Waals surface area contributed by atoms with Gasteiger partial charge in [-0.05, 0) is 12.0 Å². The molecule has 1 aliphatic rings. The monoisotopic (exact) mass is 293 g/mol. The van der Waals surface area contributed by atoms with Crippen molar-refractivity contribution in [2.75, 3.05) is 0 Å². The molecule has 1 aliphatic heterocycles. The molecule has 2 amide bonds. The number of nitrogens with two attached hydrogens (primary N) is 1. The molecule has 8 nitrogen and oxygen atoms in total. The standard InChI is InChI=1S/C13H15N3O5/c14-8(6-7-4-2-1-3-5-7)13(20)21-12-11(19)15-9(17)10(18)16-12/h1-5,8-9,12,17H,6,14H2,(H,15,19)(H,16,18)/t8-,9?,12?/m0/s1. The zero-order valence-corrected chi connectivity index (χ0v) is 11.0. The molecule has 1 aromatic carbocycles. The Hall–Kier alpha value is -2.45. The quantitative estimate of drug-likeness (QED) is 0.474. The van der Waals surface area contributed by atoms with Crippen molar-refractivity contribution in [2.24, 2.45) is 5.73 Å². The van der Waals surface area contributed by atoms with E-state index in [2.05, 4.69) is 5.32 Å². The predicted molar refractivity (Wildman–Crippen MR) is 70.3 cm³/mol. The van der Waals surface area contributed by atoms with Crippen LogP contribution >= 0.6 is 0 Å². The molecule has 0 spiro atoms. The summed E-state index contributed by atoms with van der Waals surface area (Å²) in [6.07, 6.45) is -2.90. The van der Waals surface area contributed by atoms with Gasteiger partial charge in [0.15, 0.2) is 0 Å². The normalized spacial score (nSPS) is 23.0. The SMILES string of the molecule is N[C@@H](Cc1ccccc1)C(=O)OC1NC(=O)C(O)NC1=O. The molecule has 0 saturated carbocycles. The van der Waals surface area contributed by atoms with Gasteiger partial charge < -0.3 is 26.2 Å². The van der Waals surface area contributed by atoms with Gasteiger partial charge in [0.25, 0.3) is 18.0 Å². The van der Waals surface area contributed by atoms with Crippen LogP contribution in [0.15, 0.2) is 30.3 Å². The minimum Gasteiger partial charge on any atom is -0.431 e. The fraction of sp³-hybridized carbons (Fsp3) is 0.308. The lowest BCUT2D eigenvalue weighted by Crippen LogP contribution is -2.63. The zero-order valence-electron chi connectivity index (χ0n) is 11.0. The van der Waals surface area contributed by atoms with Crippen LogP contribution in [0.4, 0.5) is 0 Å². The van der Waals surface area contributed by atoms with Crippen molar-refractivity contribution < 1.29 is 24.2 Å². The highest BCUT2D eigenvalue weighted by Crippen LogP contribution is 2.05. The van der Waals surface area contributed by atoms with Crippen molar-refractivity contribution >= 4 is 17.8 Å². The van der Waals surface area contributed by atoms with Crippen molar-refractivity contribution in [3.8, 4) is 0 Å². The lowest BCUT2D eigenvalue weighted by Gasteiger charge is -2.26. The number of rotatable bonds is 4. The topological polar surface area (TPSA) is 131 Å². The van der Waals surface area contributed by atoms with Gasteiger partial charge in [-0.15, -0.1) is 0 Å². The second-order valence-electron chi connectivity index (χ2n) is 4.53. The number of hydrogen-bond acceptors (Lipinski definition) is 6. The van der Waals surface area contributed by atoms with Crippen molar-refractivity contribution in [1.29, 1.82) is 0 Å². The molecule has 8 heteroatoms. The minimum absolute atomic E-state index is 0.241. The van der Waals surface area contributed by atoms with Crippen LogP contribution in [0.5, 0.6) is 0 Å². The highest BCUT2D eigenvalue weighted by molar-refractivity contribution is 5.96. The van der Waals surface area contributed by atoms with Crippen molar-refractivity contribution in [3.05, 3.63) is 35.9 Å². The number of ether oxygens (including phenoxy) is 1. The van der Waals surface area contributed by atoms with Crippen LogP contribution in [0.2, 0.25) is 0 Å². The Morgan fingerprint density at radius 3 is 2.57 bits per heavy atom. The molecule has 21 heavy (non-hydrogen) atoms. The zero-order chi connectivity index (χ0) is 15.4. The second-order valence-corrected chi connectivity index (χ2v) is 4.53. The van der Waals surface area contributed by atoms with E-state index in [-0.39, 0.29) is 6.42 Å². The predicted octanol–water partition coefficient (Wildman–Crippen LogP) is -2.01. The number of aliphatic hydroxyl groups excluding tert-OH is 1. The van der Waals surface area contributed by atoms with Crippen LogP contribution in [0.25, 0.3) is 0 Å². The molecule has 0 aliphatic carbocycles. The number of carbonyl (C=O) groups is 3. The number of nitrogens with one attached hydrogen (secondary N) is 2. The summed E-state index contributed by atoms with van der Waals surface area (Å²) < 4.78 is 4.84. The number of hydrogen-bond donors (Lipinski definition) is 4. The molecule has 1 heterocycles. The van der Waals surface area contributed by atoms with Crippen LogP contribution in [-0.2, 0) is 25.5 Å².